The smallest absolute Gasteiger partial charge is 0.310 e. The summed E-state index contributed by atoms with van der Waals surface area (Å²) >= 11 is -0.0730. The van der Waals surface area contributed by atoms with E-state index in [-0.39, 0.29) is 16.7 Å². The van der Waals surface area contributed by atoms with Crippen molar-refractivity contribution in [3.63, 3.8) is 0 Å². The van der Waals surface area contributed by atoms with Gasteiger partial charge in [-0.3, -0.25) is 0 Å². The number of thioether (sulfide) groups is 1. The van der Waals surface area contributed by atoms with E-state index in [9.17, 15) is 13.2 Å². The summed E-state index contributed by atoms with van der Waals surface area (Å²) in [6.45, 7) is 5.02. The zero-order valence-electron chi connectivity index (χ0n) is 12.0. The normalized spacial score (nSPS) is 13.4. The molecule has 20 heavy (non-hydrogen) atoms. The Morgan fingerprint density at radius 2 is 1.80 bits per heavy atom. The van der Waals surface area contributed by atoms with Crippen molar-refractivity contribution in [1.82, 2.24) is 5.32 Å². The van der Waals surface area contributed by atoms with E-state index < -0.39 is 5.51 Å². The third kappa shape index (κ3) is 7.80. The van der Waals surface area contributed by atoms with Crippen LogP contribution in [0.3, 0.4) is 0 Å². The molecule has 0 aliphatic carbocycles. The highest BCUT2D eigenvalue weighted by atomic mass is 32.2. The van der Waals surface area contributed by atoms with Crippen LogP contribution in [0, 0.1) is 0 Å². The van der Waals surface area contributed by atoms with Crippen LogP contribution >= 0.6 is 11.8 Å². The molecular formula is C15H22F3NS. The van der Waals surface area contributed by atoms with Crippen LogP contribution in [0.15, 0.2) is 29.2 Å². The Labute approximate surface area is 123 Å². The summed E-state index contributed by atoms with van der Waals surface area (Å²) in [5.41, 5.74) is -3.20. The van der Waals surface area contributed by atoms with Crippen LogP contribution in [-0.2, 0) is 6.54 Å². The minimum Gasteiger partial charge on any atom is -0.310 e. The first-order valence-corrected chi connectivity index (χ1v) is 7.80. The van der Waals surface area contributed by atoms with E-state index in [4.69, 9.17) is 0 Å². The van der Waals surface area contributed by atoms with Gasteiger partial charge in [0, 0.05) is 17.5 Å². The van der Waals surface area contributed by atoms with Crippen LogP contribution in [0.25, 0.3) is 0 Å². The summed E-state index contributed by atoms with van der Waals surface area (Å²) < 4.78 is 36.6. The molecule has 0 spiro atoms. The fourth-order valence-electron chi connectivity index (χ4n) is 1.90. The van der Waals surface area contributed by atoms with Gasteiger partial charge < -0.3 is 5.32 Å². The van der Waals surface area contributed by atoms with E-state index in [2.05, 4.69) is 19.2 Å². The van der Waals surface area contributed by atoms with Gasteiger partial charge in [-0.05, 0) is 42.8 Å². The van der Waals surface area contributed by atoms with E-state index in [1.807, 2.05) is 0 Å². The highest BCUT2D eigenvalue weighted by Crippen LogP contribution is 2.36. The molecule has 114 valence electrons. The zero-order valence-corrected chi connectivity index (χ0v) is 12.8. The van der Waals surface area contributed by atoms with Crippen LogP contribution in [0.5, 0.6) is 0 Å². The maximum Gasteiger partial charge on any atom is 0.446 e. The molecule has 0 aromatic heterocycles. The molecule has 1 aromatic rings. The van der Waals surface area contributed by atoms with E-state index in [0.29, 0.717) is 12.6 Å². The number of rotatable bonds is 8. The van der Waals surface area contributed by atoms with Crippen molar-refractivity contribution in [1.29, 1.82) is 0 Å². The van der Waals surface area contributed by atoms with Crippen LogP contribution in [0.4, 0.5) is 13.2 Å². The third-order valence-corrected chi connectivity index (χ3v) is 3.79. The first kappa shape index (κ1) is 17.4. The van der Waals surface area contributed by atoms with Gasteiger partial charge >= 0.3 is 5.51 Å². The van der Waals surface area contributed by atoms with Gasteiger partial charge in [-0.1, -0.05) is 38.3 Å². The van der Waals surface area contributed by atoms with Crippen molar-refractivity contribution in [2.75, 3.05) is 0 Å². The number of alkyl halides is 3. The number of halogens is 3. The van der Waals surface area contributed by atoms with Crippen LogP contribution in [-0.4, -0.2) is 11.6 Å². The average Bonchev–Trinajstić information content (AvgIpc) is 2.36. The molecule has 0 saturated heterocycles. The Kier molecular flexibility index (Phi) is 7.45. The summed E-state index contributed by atoms with van der Waals surface area (Å²) in [6, 6.07) is 6.99. The van der Waals surface area contributed by atoms with E-state index in [0.717, 1.165) is 12.0 Å². The SMILES string of the molecule is CCCCCC(C)NCc1ccc(SC(F)(F)F)cc1. The summed E-state index contributed by atoms with van der Waals surface area (Å²) in [4.78, 5) is 0.234. The summed E-state index contributed by atoms with van der Waals surface area (Å²) in [5.74, 6) is 0. The lowest BCUT2D eigenvalue weighted by molar-refractivity contribution is -0.0328. The molecule has 5 heteroatoms. The van der Waals surface area contributed by atoms with Gasteiger partial charge in [-0.25, -0.2) is 0 Å². The first-order chi connectivity index (χ1) is 9.40. The molecule has 1 atom stereocenters. The van der Waals surface area contributed by atoms with Gasteiger partial charge in [-0.15, -0.1) is 0 Å². The highest BCUT2D eigenvalue weighted by molar-refractivity contribution is 8.00. The molecule has 1 rings (SSSR count). The molecular weight excluding hydrogens is 283 g/mol. The second kappa shape index (κ2) is 8.57. The molecule has 0 heterocycles. The molecule has 0 aliphatic rings. The molecule has 0 radical (unpaired) electrons. The van der Waals surface area contributed by atoms with Gasteiger partial charge in [0.15, 0.2) is 0 Å². The maximum atomic E-state index is 12.2. The molecule has 0 amide bonds. The molecule has 0 saturated carbocycles. The Morgan fingerprint density at radius 1 is 1.15 bits per heavy atom. The molecule has 1 unspecified atom stereocenters. The van der Waals surface area contributed by atoms with Crippen molar-refractivity contribution < 1.29 is 13.2 Å². The van der Waals surface area contributed by atoms with Gasteiger partial charge in [-0.2, -0.15) is 13.2 Å². The summed E-state index contributed by atoms with van der Waals surface area (Å²) in [7, 11) is 0. The van der Waals surface area contributed by atoms with Crippen molar-refractivity contribution in [3.8, 4) is 0 Å². The van der Waals surface area contributed by atoms with E-state index in [1.165, 1.54) is 31.4 Å². The molecule has 0 fully saturated rings. The predicted octanol–water partition coefficient (Wildman–Crippen LogP) is 5.36. The predicted molar refractivity (Wildman–Crippen MR) is 78.8 cm³/mol. The summed E-state index contributed by atoms with van der Waals surface area (Å²) in [6.07, 6.45) is 4.81. The third-order valence-electron chi connectivity index (χ3n) is 3.05. The number of unbranched alkanes of at least 4 members (excludes halogenated alkanes) is 2. The summed E-state index contributed by atoms with van der Waals surface area (Å²) in [5, 5.41) is 3.40. The molecule has 1 aromatic carbocycles. The van der Waals surface area contributed by atoms with Crippen LogP contribution < -0.4 is 5.32 Å². The molecule has 0 aliphatic heterocycles. The van der Waals surface area contributed by atoms with Crippen LogP contribution in [0.2, 0.25) is 0 Å². The lowest BCUT2D eigenvalue weighted by Gasteiger charge is -2.14. The van der Waals surface area contributed by atoms with Crippen molar-refractivity contribution in [2.24, 2.45) is 0 Å². The average molecular weight is 305 g/mol. The van der Waals surface area contributed by atoms with Gasteiger partial charge in [0.05, 0.1) is 0 Å². The van der Waals surface area contributed by atoms with Gasteiger partial charge in [0.2, 0.25) is 0 Å². The van der Waals surface area contributed by atoms with E-state index >= 15 is 0 Å². The minimum atomic E-state index is -4.21. The fraction of sp³-hybridized carbons (Fsp3) is 0.600. The Bertz CT molecular complexity index is 376. The van der Waals surface area contributed by atoms with Crippen molar-refractivity contribution >= 4 is 11.8 Å². The highest BCUT2D eigenvalue weighted by Gasteiger charge is 2.28. The van der Waals surface area contributed by atoms with Gasteiger partial charge in [0.25, 0.3) is 0 Å². The lowest BCUT2D eigenvalue weighted by Crippen LogP contribution is -2.25. The first-order valence-electron chi connectivity index (χ1n) is 6.99. The maximum absolute atomic E-state index is 12.2. The molecule has 1 nitrogen and oxygen atoms in total. The number of benzene rings is 1. The number of hydrogen-bond acceptors (Lipinski definition) is 2. The van der Waals surface area contributed by atoms with E-state index in [1.54, 1.807) is 12.1 Å². The second-order valence-corrected chi connectivity index (χ2v) is 6.11. The monoisotopic (exact) mass is 305 g/mol. The Hall–Kier alpha value is -0.680. The topological polar surface area (TPSA) is 12.0 Å². The fourth-order valence-corrected chi connectivity index (χ4v) is 2.44. The Morgan fingerprint density at radius 3 is 2.35 bits per heavy atom. The standard InChI is InChI=1S/C15H22F3NS/c1-3-4-5-6-12(2)19-11-13-7-9-14(10-8-13)20-15(16,17)18/h7-10,12,19H,3-6,11H2,1-2H3. The quantitative estimate of drug-likeness (QED) is 0.513. The number of nitrogens with one attached hydrogen (secondary N) is 1. The molecule has 0 bridgehead atoms. The zero-order chi connectivity index (χ0) is 15.0. The van der Waals surface area contributed by atoms with Crippen LogP contribution in [0.1, 0.15) is 45.1 Å². The lowest BCUT2D eigenvalue weighted by atomic mass is 10.1. The minimum absolute atomic E-state index is 0.0730. The van der Waals surface area contributed by atoms with Crippen molar-refractivity contribution in [2.45, 2.75) is 62.5 Å². The molecule has 1 N–H and O–H groups in total. The largest absolute Gasteiger partial charge is 0.446 e. The number of hydrogen-bond donors (Lipinski definition) is 1. The Balaban J connectivity index is 2.34. The van der Waals surface area contributed by atoms with Gasteiger partial charge in [0.1, 0.15) is 0 Å². The van der Waals surface area contributed by atoms with Crippen molar-refractivity contribution in [3.05, 3.63) is 29.8 Å². The second-order valence-electron chi connectivity index (χ2n) is 4.97.